The van der Waals surface area contributed by atoms with E-state index < -0.39 is 5.41 Å². The van der Waals surface area contributed by atoms with E-state index in [2.05, 4.69) is 6.58 Å². The molecule has 0 aliphatic heterocycles. The molecule has 1 saturated carbocycles. The van der Waals surface area contributed by atoms with Crippen molar-refractivity contribution < 1.29 is 9.59 Å². The molecule has 0 aromatic rings. The Morgan fingerprint density at radius 3 is 2.75 bits per heavy atom. The first-order valence-corrected chi connectivity index (χ1v) is 5.84. The van der Waals surface area contributed by atoms with Crippen molar-refractivity contribution in [3.63, 3.8) is 0 Å². The van der Waals surface area contributed by atoms with Gasteiger partial charge in [-0.25, -0.2) is 0 Å². The molecule has 2 aliphatic rings. The first-order valence-electron chi connectivity index (χ1n) is 5.84. The molecule has 2 aliphatic carbocycles. The van der Waals surface area contributed by atoms with Gasteiger partial charge in [-0.2, -0.15) is 0 Å². The molecule has 16 heavy (non-hydrogen) atoms. The molecule has 0 aromatic heterocycles. The summed E-state index contributed by atoms with van der Waals surface area (Å²) in [7, 11) is 0. The molecule has 0 N–H and O–H groups in total. The van der Waals surface area contributed by atoms with Crippen LogP contribution in [0.3, 0.4) is 0 Å². The van der Waals surface area contributed by atoms with E-state index in [0.29, 0.717) is 12.8 Å². The van der Waals surface area contributed by atoms with Crippen molar-refractivity contribution in [2.24, 2.45) is 17.3 Å². The van der Waals surface area contributed by atoms with Crippen LogP contribution in [-0.2, 0) is 9.59 Å². The third kappa shape index (κ3) is 1.66. The van der Waals surface area contributed by atoms with Crippen molar-refractivity contribution in [1.82, 2.24) is 0 Å². The molecule has 3 atom stereocenters. The van der Waals surface area contributed by atoms with Gasteiger partial charge in [0.2, 0.25) is 0 Å². The Balaban J connectivity index is 2.30. The average Bonchev–Trinajstić information content (AvgIpc) is 2.21. The Labute approximate surface area is 96.4 Å². The van der Waals surface area contributed by atoms with Gasteiger partial charge in [0.15, 0.2) is 5.78 Å². The van der Waals surface area contributed by atoms with Gasteiger partial charge in [-0.05, 0) is 38.2 Å². The fourth-order valence-electron chi connectivity index (χ4n) is 2.82. The second-order valence-electron chi connectivity index (χ2n) is 5.39. The molecule has 0 amide bonds. The molecule has 0 radical (unpaired) electrons. The lowest BCUT2D eigenvalue weighted by atomic mass is 9.59. The van der Waals surface area contributed by atoms with Crippen LogP contribution in [0, 0.1) is 17.3 Å². The number of rotatable bonds is 1. The minimum atomic E-state index is -0.403. The maximum atomic E-state index is 12.2. The Kier molecular flexibility index (Phi) is 2.61. The number of allylic oxidation sites excluding steroid dienone is 3. The van der Waals surface area contributed by atoms with Crippen molar-refractivity contribution in [2.45, 2.75) is 33.1 Å². The zero-order valence-electron chi connectivity index (χ0n) is 9.95. The zero-order valence-corrected chi connectivity index (χ0v) is 9.95. The minimum absolute atomic E-state index is 0.151. The Morgan fingerprint density at radius 2 is 2.12 bits per heavy atom. The molecule has 0 unspecified atom stereocenters. The largest absolute Gasteiger partial charge is 0.299 e. The first-order chi connectivity index (χ1) is 7.43. The second-order valence-corrected chi connectivity index (χ2v) is 5.39. The van der Waals surface area contributed by atoms with Crippen molar-refractivity contribution >= 4 is 11.6 Å². The van der Waals surface area contributed by atoms with Crippen LogP contribution in [0.1, 0.15) is 33.1 Å². The molecular formula is C14H18O2. The van der Waals surface area contributed by atoms with Gasteiger partial charge in [-0.3, -0.25) is 9.59 Å². The molecule has 2 heteroatoms. The van der Waals surface area contributed by atoms with Crippen LogP contribution >= 0.6 is 0 Å². The molecule has 1 fully saturated rings. The molecule has 0 saturated heterocycles. The van der Waals surface area contributed by atoms with Gasteiger partial charge < -0.3 is 0 Å². The Hall–Kier alpha value is -1.18. The van der Waals surface area contributed by atoms with E-state index in [1.54, 1.807) is 6.08 Å². The summed E-state index contributed by atoms with van der Waals surface area (Å²) in [6.45, 7) is 7.88. The third-order valence-corrected chi connectivity index (χ3v) is 4.21. The van der Waals surface area contributed by atoms with E-state index in [1.165, 1.54) is 0 Å². The van der Waals surface area contributed by atoms with E-state index in [4.69, 9.17) is 0 Å². The number of carbonyl (C=O) groups excluding carboxylic acids is 2. The second kappa shape index (κ2) is 3.69. The van der Waals surface area contributed by atoms with Crippen LogP contribution in [0.15, 0.2) is 24.3 Å². The van der Waals surface area contributed by atoms with E-state index in [-0.39, 0.29) is 23.4 Å². The molecule has 0 aromatic carbocycles. The number of fused-ring (bicyclic) bond motifs is 1. The standard InChI is InChI=1S/C14H18O2/c1-9(2)10-6-11-8-12(15)4-5-14(11,3)13(16)7-10/h4-5,10-11H,1,6-8H2,2-3H3/t10-,11+,14-/m0/s1. The van der Waals surface area contributed by atoms with Crippen molar-refractivity contribution in [2.75, 3.05) is 0 Å². The van der Waals surface area contributed by atoms with Crippen LogP contribution in [0.25, 0.3) is 0 Å². The fourth-order valence-corrected chi connectivity index (χ4v) is 2.82. The highest BCUT2D eigenvalue weighted by Crippen LogP contribution is 2.47. The molecule has 86 valence electrons. The molecule has 0 bridgehead atoms. The van der Waals surface area contributed by atoms with Crippen LogP contribution in [0.5, 0.6) is 0 Å². The van der Waals surface area contributed by atoms with Crippen LogP contribution in [0.4, 0.5) is 0 Å². The number of Topliss-reactive ketones (excluding diaryl/α,β-unsaturated/α-hetero) is 1. The van der Waals surface area contributed by atoms with Crippen LogP contribution in [-0.4, -0.2) is 11.6 Å². The van der Waals surface area contributed by atoms with Gasteiger partial charge in [-0.15, -0.1) is 0 Å². The van der Waals surface area contributed by atoms with E-state index >= 15 is 0 Å². The quantitative estimate of drug-likeness (QED) is 0.634. The number of hydrogen-bond acceptors (Lipinski definition) is 2. The predicted octanol–water partition coefficient (Wildman–Crippen LogP) is 2.69. The highest BCUT2D eigenvalue weighted by Gasteiger charge is 2.46. The topological polar surface area (TPSA) is 34.1 Å². The summed E-state index contributed by atoms with van der Waals surface area (Å²) in [4.78, 5) is 23.6. The van der Waals surface area contributed by atoms with Crippen molar-refractivity contribution in [1.29, 1.82) is 0 Å². The van der Waals surface area contributed by atoms with E-state index in [9.17, 15) is 9.59 Å². The van der Waals surface area contributed by atoms with Crippen LogP contribution < -0.4 is 0 Å². The van der Waals surface area contributed by atoms with Gasteiger partial charge >= 0.3 is 0 Å². The smallest absolute Gasteiger partial charge is 0.155 e. The lowest BCUT2D eigenvalue weighted by Crippen LogP contribution is -2.44. The van der Waals surface area contributed by atoms with E-state index in [1.807, 2.05) is 19.9 Å². The van der Waals surface area contributed by atoms with Gasteiger partial charge in [0.05, 0.1) is 0 Å². The Bertz CT molecular complexity index is 392. The summed E-state index contributed by atoms with van der Waals surface area (Å²) in [5.41, 5.74) is 0.664. The highest BCUT2D eigenvalue weighted by atomic mass is 16.1. The third-order valence-electron chi connectivity index (χ3n) is 4.21. The maximum Gasteiger partial charge on any atom is 0.155 e. The van der Waals surface area contributed by atoms with E-state index in [0.717, 1.165) is 12.0 Å². The first kappa shape index (κ1) is 11.3. The number of hydrogen-bond donors (Lipinski definition) is 0. The Morgan fingerprint density at radius 1 is 1.44 bits per heavy atom. The fraction of sp³-hybridized carbons (Fsp3) is 0.571. The molecule has 2 rings (SSSR count). The predicted molar refractivity (Wildman–Crippen MR) is 62.9 cm³/mol. The lowest BCUT2D eigenvalue weighted by Gasteiger charge is -2.43. The SMILES string of the molecule is C=C(C)[C@@H]1CC(=O)[C@@]2(C)C=CC(=O)C[C@H]2C1. The van der Waals surface area contributed by atoms with Gasteiger partial charge in [0, 0.05) is 18.3 Å². The van der Waals surface area contributed by atoms with Crippen molar-refractivity contribution in [3.8, 4) is 0 Å². The maximum absolute atomic E-state index is 12.2. The summed E-state index contributed by atoms with van der Waals surface area (Å²) in [5.74, 6) is 0.857. The number of ketones is 2. The van der Waals surface area contributed by atoms with Gasteiger partial charge in [0.1, 0.15) is 5.78 Å². The monoisotopic (exact) mass is 218 g/mol. The minimum Gasteiger partial charge on any atom is -0.299 e. The molecule has 0 spiro atoms. The molecular weight excluding hydrogens is 200 g/mol. The highest BCUT2D eigenvalue weighted by molar-refractivity contribution is 5.96. The lowest BCUT2D eigenvalue weighted by molar-refractivity contribution is -0.134. The summed E-state index contributed by atoms with van der Waals surface area (Å²) >= 11 is 0. The summed E-state index contributed by atoms with van der Waals surface area (Å²) in [6, 6.07) is 0. The average molecular weight is 218 g/mol. The zero-order chi connectivity index (χ0) is 11.9. The summed E-state index contributed by atoms with van der Waals surface area (Å²) in [6.07, 6.45) is 5.42. The molecule has 0 heterocycles. The summed E-state index contributed by atoms with van der Waals surface area (Å²) < 4.78 is 0. The number of carbonyl (C=O) groups is 2. The normalized spacial score (nSPS) is 38.4. The van der Waals surface area contributed by atoms with Gasteiger partial charge in [0.25, 0.3) is 0 Å². The summed E-state index contributed by atoms with van der Waals surface area (Å²) in [5, 5.41) is 0. The molecule has 2 nitrogen and oxygen atoms in total. The van der Waals surface area contributed by atoms with Crippen molar-refractivity contribution in [3.05, 3.63) is 24.3 Å². The van der Waals surface area contributed by atoms with Gasteiger partial charge in [-0.1, -0.05) is 18.2 Å². The van der Waals surface area contributed by atoms with Crippen LogP contribution in [0.2, 0.25) is 0 Å².